The van der Waals surface area contributed by atoms with Crippen LogP contribution in [-0.2, 0) is 9.53 Å². The van der Waals surface area contributed by atoms with Gasteiger partial charge in [-0.15, -0.1) is 0 Å². The Morgan fingerprint density at radius 2 is 0.324 bits per heavy atom. The van der Waals surface area contributed by atoms with Crippen molar-refractivity contribution in [3.8, 4) is 0 Å². The summed E-state index contributed by atoms with van der Waals surface area (Å²) in [6.07, 6.45) is 87.7. The van der Waals surface area contributed by atoms with Gasteiger partial charge in [0.05, 0.1) is 6.61 Å². The summed E-state index contributed by atoms with van der Waals surface area (Å²) in [5.41, 5.74) is 0. The summed E-state index contributed by atoms with van der Waals surface area (Å²) < 4.78 is 5.53. The average Bonchev–Trinajstić information content (AvgIpc) is 3.35. The fraction of sp³-hybridized carbons (Fsp3) is 0.985. The van der Waals surface area contributed by atoms with Crippen LogP contribution in [0.5, 0.6) is 0 Å². The molecule has 2 nitrogen and oxygen atoms in total. The van der Waals surface area contributed by atoms with Crippen LogP contribution >= 0.6 is 0 Å². The van der Waals surface area contributed by atoms with Crippen LogP contribution in [0.2, 0.25) is 0 Å². The smallest absolute Gasteiger partial charge is 0.305 e. The van der Waals surface area contributed by atoms with Crippen molar-refractivity contribution in [2.75, 3.05) is 6.61 Å². The van der Waals surface area contributed by atoms with Crippen LogP contribution in [0.4, 0.5) is 0 Å². The lowest BCUT2D eigenvalue weighted by Crippen LogP contribution is -2.05. The zero-order valence-corrected chi connectivity index (χ0v) is 47.9. The maximum Gasteiger partial charge on any atom is 0.305 e. The van der Waals surface area contributed by atoms with Gasteiger partial charge in [-0.3, -0.25) is 4.79 Å². The molecule has 0 atom stereocenters. The van der Waals surface area contributed by atoms with Gasteiger partial charge in [0, 0.05) is 6.42 Å². The quantitative estimate of drug-likeness (QED) is 0.0449. The molecule has 0 aliphatic carbocycles. The summed E-state index contributed by atoms with van der Waals surface area (Å²) in [7, 11) is 0. The Balaban J connectivity index is 3.14. The zero-order chi connectivity index (χ0) is 48.8. The first-order valence-electron chi connectivity index (χ1n) is 33.0. The van der Waals surface area contributed by atoms with Crippen molar-refractivity contribution in [2.45, 2.75) is 412 Å². The normalized spacial score (nSPS) is 11.6. The summed E-state index contributed by atoms with van der Waals surface area (Å²) >= 11 is 0. The van der Waals surface area contributed by atoms with Crippen LogP contribution in [0, 0.1) is 0 Å². The van der Waals surface area contributed by atoms with E-state index in [4.69, 9.17) is 4.74 Å². The zero-order valence-electron chi connectivity index (χ0n) is 47.9. The molecule has 0 aromatic rings. The fourth-order valence-electron chi connectivity index (χ4n) is 10.9. The van der Waals surface area contributed by atoms with Crippen LogP contribution in [-0.4, -0.2) is 12.6 Å². The summed E-state index contributed by atoms with van der Waals surface area (Å²) in [4.78, 5) is 12.1. The topological polar surface area (TPSA) is 26.3 Å². The van der Waals surface area contributed by atoms with E-state index in [1.807, 2.05) is 0 Å². The lowest BCUT2D eigenvalue weighted by molar-refractivity contribution is -0.143. The van der Waals surface area contributed by atoms with E-state index in [1.165, 1.54) is 379 Å². The molecule has 0 aromatic heterocycles. The average molecular weight is 958 g/mol. The molecule has 0 unspecified atom stereocenters. The molecule has 0 saturated carbocycles. The van der Waals surface area contributed by atoms with Crippen molar-refractivity contribution < 1.29 is 9.53 Å². The van der Waals surface area contributed by atoms with Crippen LogP contribution in [0.15, 0.2) is 0 Å². The second kappa shape index (κ2) is 64.5. The van der Waals surface area contributed by atoms with E-state index in [9.17, 15) is 4.79 Å². The van der Waals surface area contributed by atoms with Crippen molar-refractivity contribution in [3.63, 3.8) is 0 Å². The Hall–Kier alpha value is -0.530. The molecule has 0 saturated heterocycles. The minimum Gasteiger partial charge on any atom is -0.466 e. The fourth-order valence-corrected chi connectivity index (χ4v) is 10.9. The van der Waals surface area contributed by atoms with E-state index in [2.05, 4.69) is 13.8 Å². The number of esters is 1. The van der Waals surface area contributed by atoms with Gasteiger partial charge in [-0.05, 0) is 12.8 Å². The van der Waals surface area contributed by atoms with Crippen molar-refractivity contribution in [2.24, 2.45) is 0 Å². The lowest BCUT2D eigenvalue weighted by atomic mass is 10.0. The Bertz CT molecular complexity index is 867. The summed E-state index contributed by atoms with van der Waals surface area (Å²) in [5, 5.41) is 0. The molecular formula is C66H132O2. The van der Waals surface area contributed by atoms with Crippen molar-refractivity contribution in [1.29, 1.82) is 0 Å². The van der Waals surface area contributed by atoms with Gasteiger partial charge in [0.25, 0.3) is 0 Å². The third-order valence-corrected chi connectivity index (χ3v) is 15.7. The van der Waals surface area contributed by atoms with Gasteiger partial charge in [0.2, 0.25) is 0 Å². The number of ether oxygens (including phenoxy) is 1. The maximum absolute atomic E-state index is 12.1. The Kier molecular flexibility index (Phi) is 64.0. The highest BCUT2D eigenvalue weighted by molar-refractivity contribution is 5.69. The van der Waals surface area contributed by atoms with E-state index in [-0.39, 0.29) is 5.97 Å². The molecule has 0 radical (unpaired) electrons. The molecule has 0 aliphatic rings. The number of hydrogen-bond acceptors (Lipinski definition) is 2. The molecule has 0 heterocycles. The summed E-state index contributed by atoms with van der Waals surface area (Å²) in [6, 6.07) is 0. The number of carbonyl (C=O) groups excluding carboxylic acids is 1. The van der Waals surface area contributed by atoms with Crippen LogP contribution in [0.1, 0.15) is 412 Å². The third-order valence-electron chi connectivity index (χ3n) is 15.7. The van der Waals surface area contributed by atoms with Gasteiger partial charge < -0.3 is 4.74 Å². The molecule has 0 aliphatic heterocycles. The van der Waals surface area contributed by atoms with Crippen molar-refractivity contribution in [3.05, 3.63) is 0 Å². The van der Waals surface area contributed by atoms with Gasteiger partial charge in [0.15, 0.2) is 0 Å². The summed E-state index contributed by atoms with van der Waals surface area (Å²) in [5.74, 6) is 0.0375. The maximum atomic E-state index is 12.1. The van der Waals surface area contributed by atoms with E-state index in [1.54, 1.807) is 0 Å². The third kappa shape index (κ3) is 63.5. The molecule has 0 fully saturated rings. The molecule has 0 N–H and O–H groups in total. The molecule has 2 heteroatoms. The van der Waals surface area contributed by atoms with E-state index >= 15 is 0 Å². The van der Waals surface area contributed by atoms with Crippen molar-refractivity contribution in [1.82, 2.24) is 0 Å². The second-order valence-corrected chi connectivity index (χ2v) is 22.8. The largest absolute Gasteiger partial charge is 0.466 e. The van der Waals surface area contributed by atoms with E-state index < -0.39 is 0 Å². The number of hydrogen-bond donors (Lipinski definition) is 0. The van der Waals surface area contributed by atoms with Gasteiger partial charge in [0.1, 0.15) is 0 Å². The Morgan fingerprint density at radius 3 is 0.485 bits per heavy atom. The van der Waals surface area contributed by atoms with Gasteiger partial charge in [-0.1, -0.05) is 393 Å². The van der Waals surface area contributed by atoms with E-state index in [0.29, 0.717) is 13.0 Å². The van der Waals surface area contributed by atoms with Gasteiger partial charge in [-0.2, -0.15) is 0 Å². The standard InChI is InChI=1S/C66H132O2/c1-3-5-7-9-11-13-15-17-19-21-23-25-27-29-30-31-32-33-34-35-36-37-38-39-40-42-44-46-48-50-52-54-56-58-60-62-64-66(67)68-65-63-61-59-57-55-53-51-49-47-45-43-41-28-26-24-22-20-18-16-14-12-10-8-6-4-2/h3-65H2,1-2H3. The number of carbonyl (C=O) groups is 1. The SMILES string of the molecule is CCCCCCCCCCCCCCCCCCCCCCCCCCCCCCCCCCCCCCC(=O)OCCCCCCCCCCCCCCCCCCCCCCCCCCC. The first kappa shape index (κ1) is 67.5. The number of unbranched alkanes of at least 4 members (excludes halogenated alkanes) is 59. The molecular weight excluding hydrogens is 825 g/mol. The number of rotatable bonds is 63. The Morgan fingerprint density at radius 1 is 0.191 bits per heavy atom. The van der Waals surface area contributed by atoms with Gasteiger partial charge >= 0.3 is 5.97 Å². The Labute approximate surface area is 432 Å². The highest BCUT2D eigenvalue weighted by atomic mass is 16.5. The molecule has 0 bridgehead atoms. The molecule has 0 aromatic carbocycles. The predicted octanol–water partition coefficient (Wildman–Crippen LogP) is 24.8. The van der Waals surface area contributed by atoms with Crippen LogP contribution in [0.3, 0.4) is 0 Å². The monoisotopic (exact) mass is 957 g/mol. The molecule has 0 spiro atoms. The van der Waals surface area contributed by atoms with Gasteiger partial charge in [-0.25, -0.2) is 0 Å². The predicted molar refractivity (Wildman–Crippen MR) is 309 cm³/mol. The molecule has 68 heavy (non-hydrogen) atoms. The molecule has 0 amide bonds. The first-order valence-corrected chi connectivity index (χ1v) is 33.0. The van der Waals surface area contributed by atoms with E-state index in [0.717, 1.165) is 12.8 Å². The highest BCUT2D eigenvalue weighted by Gasteiger charge is 2.04. The molecule has 0 rings (SSSR count). The van der Waals surface area contributed by atoms with Crippen LogP contribution < -0.4 is 0 Å². The van der Waals surface area contributed by atoms with Crippen LogP contribution in [0.25, 0.3) is 0 Å². The highest BCUT2D eigenvalue weighted by Crippen LogP contribution is 2.19. The van der Waals surface area contributed by atoms with Crippen molar-refractivity contribution >= 4 is 5.97 Å². The molecule has 408 valence electrons. The second-order valence-electron chi connectivity index (χ2n) is 22.8. The minimum absolute atomic E-state index is 0.0375. The lowest BCUT2D eigenvalue weighted by Gasteiger charge is -2.06. The summed E-state index contributed by atoms with van der Waals surface area (Å²) in [6.45, 7) is 5.25. The first-order chi connectivity index (χ1) is 33.8. The minimum atomic E-state index is 0.0375.